The zero-order chi connectivity index (χ0) is 15.4. The number of fused-ring (bicyclic) bond motifs is 1. The molecule has 2 aromatic carbocycles. The van der Waals surface area contributed by atoms with Crippen molar-refractivity contribution in [3.05, 3.63) is 66.2 Å². The zero-order valence-corrected chi connectivity index (χ0v) is 12.1. The summed E-state index contributed by atoms with van der Waals surface area (Å²) in [6, 6.07) is 13.6. The van der Waals surface area contributed by atoms with Crippen molar-refractivity contribution >= 4 is 16.7 Å². The summed E-state index contributed by atoms with van der Waals surface area (Å²) in [4.78, 5) is 19.0. The minimum atomic E-state index is -0.588. The molecule has 0 radical (unpaired) electrons. The molecule has 0 saturated carbocycles. The van der Waals surface area contributed by atoms with Crippen LogP contribution in [0.4, 0.5) is 0 Å². The van der Waals surface area contributed by atoms with Crippen LogP contribution >= 0.6 is 0 Å². The van der Waals surface area contributed by atoms with Crippen LogP contribution in [0.5, 0.6) is 0 Å². The highest BCUT2D eigenvalue weighted by molar-refractivity contribution is 5.86. The van der Waals surface area contributed by atoms with E-state index in [1.165, 1.54) is 0 Å². The van der Waals surface area contributed by atoms with Gasteiger partial charge in [0.05, 0.1) is 12.4 Å². The van der Waals surface area contributed by atoms with Crippen LogP contribution in [0.15, 0.2) is 55.0 Å². The smallest absolute Gasteiger partial charge is 0.237 e. The molecule has 5 nitrogen and oxygen atoms in total. The maximum Gasteiger partial charge on any atom is 0.237 e. The first-order chi connectivity index (χ1) is 10.7. The van der Waals surface area contributed by atoms with Crippen LogP contribution in [-0.2, 0) is 17.8 Å². The Kier molecular flexibility index (Phi) is 4.16. The van der Waals surface area contributed by atoms with E-state index in [0.717, 1.165) is 22.0 Å². The van der Waals surface area contributed by atoms with Gasteiger partial charge in [0.25, 0.3) is 0 Å². The molecule has 0 saturated heterocycles. The number of aromatic nitrogens is 2. The van der Waals surface area contributed by atoms with E-state index in [4.69, 9.17) is 5.73 Å². The fourth-order valence-corrected chi connectivity index (χ4v) is 2.49. The lowest BCUT2D eigenvalue weighted by atomic mass is 10.0. The zero-order valence-electron chi connectivity index (χ0n) is 12.1. The molecule has 5 heteroatoms. The number of nitrogens with zero attached hydrogens (tertiary/aromatic N) is 1. The van der Waals surface area contributed by atoms with Gasteiger partial charge in [-0.15, -0.1) is 0 Å². The lowest BCUT2D eigenvalue weighted by Crippen LogP contribution is -2.41. The van der Waals surface area contributed by atoms with E-state index >= 15 is 0 Å². The predicted octanol–water partition coefficient (Wildman–Crippen LogP) is 1.75. The van der Waals surface area contributed by atoms with Gasteiger partial charge in [-0.3, -0.25) is 4.79 Å². The van der Waals surface area contributed by atoms with Gasteiger partial charge in [-0.2, -0.15) is 0 Å². The molecule has 0 aliphatic heterocycles. The molecule has 0 spiro atoms. The molecule has 0 fully saturated rings. The number of imidazole rings is 1. The number of amides is 1. The topological polar surface area (TPSA) is 83.8 Å². The number of H-pyrrole nitrogens is 1. The number of benzene rings is 2. The largest absolute Gasteiger partial charge is 0.351 e. The summed E-state index contributed by atoms with van der Waals surface area (Å²) in [6.07, 6.45) is 3.70. The molecule has 1 aromatic heterocycles. The van der Waals surface area contributed by atoms with Crippen molar-refractivity contribution < 1.29 is 4.79 Å². The van der Waals surface area contributed by atoms with Crippen LogP contribution < -0.4 is 11.1 Å². The number of carbonyl (C=O) groups excluding carboxylic acids is 1. The van der Waals surface area contributed by atoms with E-state index in [9.17, 15) is 4.79 Å². The summed E-state index contributed by atoms with van der Waals surface area (Å²) >= 11 is 0. The average molecular weight is 294 g/mol. The minimum Gasteiger partial charge on any atom is -0.351 e. The van der Waals surface area contributed by atoms with Gasteiger partial charge >= 0.3 is 0 Å². The average Bonchev–Trinajstić information content (AvgIpc) is 3.05. The van der Waals surface area contributed by atoms with E-state index in [-0.39, 0.29) is 5.91 Å². The van der Waals surface area contributed by atoms with Gasteiger partial charge in [-0.25, -0.2) is 4.98 Å². The molecule has 4 N–H and O–H groups in total. The third-order valence-electron chi connectivity index (χ3n) is 3.66. The number of nitrogens with one attached hydrogen (secondary N) is 2. The SMILES string of the molecule is NC(Cc1cnc[nH]1)C(=O)NCc1cccc2ccccc12. The molecule has 0 aliphatic rings. The Balaban J connectivity index is 1.65. The summed E-state index contributed by atoms with van der Waals surface area (Å²) in [5, 5.41) is 5.21. The molecule has 0 aliphatic carbocycles. The third kappa shape index (κ3) is 3.15. The molecule has 3 aromatic rings. The summed E-state index contributed by atoms with van der Waals surface area (Å²) in [5.41, 5.74) is 7.86. The molecule has 22 heavy (non-hydrogen) atoms. The van der Waals surface area contributed by atoms with Crippen molar-refractivity contribution in [2.45, 2.75) is 19.0 Å². The van der Waals surface area contributed by atoms with Crippen molar-refractivity contribution in [2.75, 3.05) is 0 Å². The Labute approximate surface area is 128 Å². The Bertz CT molecular complexity index is 762. The summed E-state index contributed by atoms with van der Waals surface area (Å²) in [7, 11) is 0. The Morgan fingerprint density at radius 3 is 2.86 bits per heavy atom. The molecule has 1 atom stereocenters. The number of carbonyl (C=O) groups is 1. The Hall–Kier alpha value is -2.66. The highest BCUT2D eigenvalue weighted by Crippen LogP contribution is 2.18. The molecule has 0 bridgehead atoms. The van der Waals surface area contributed by atoms with Gasteiger partial charge < -0.3 is 16.0 Å². The molecular weight excluding hydrogens is 276 g/mol. The lowest BCUT2D eigenvalue weighted by Gasteiger charge is -2.12. The van der Waals surface area contributed by atoms with Crippen LogP contribution in [0.2, 0.25) is 0 Å². The summed E-state index contributed by atoms with van der Waals surface area (Å²) < 4.78 is 0. The number of rotatable bonds is 5. The number of nitrogens with two attached hydrogens (primary N) is 1. The van der Waals surface area contributed by atoms with Crippen LogP contribution in [0.3, 0.4) is 0 Å². The van der Waals surface area contributed by atoms with E-state index in [0.29, 0.717) is 13.0 Å². The quantitative estimate of drug-likeness (QED) is 0.670. The second kappa shape index (κ2) is 6.41. The maximum atomic E-state index is 12.1. The first-order valence-electron chi connectivity index (χ1n) is 7.21. The van der Waals surface area contributed by atoms with Crippen LogP contribution in [0, 0.1) is 0 Å². The molecule has 112 valence electrons. The van der Waals surface area contributed by atoms with E-state index in [2.05, 4.69) is 33.5 Å². The monoisotopic (exact) mass is 294 g/mol. The van der Waals surface area contributed by atoms with Crippen LogP contribution in [0.1, 0.15) is 11.3 Å². The van der Waals surface area contributed by atoms with Gasteiger partial charge in [-0.05, 0) is 16.3 Å². The molecule has 1 amide bonds. The number of hydrogen-bond donors (Lipinski definition) is 3. The second-order valence-electron chi connectivity index (χ2n) is 5.24. The first kappa shape index (κ1) is 14.3. The molecular formula is C17H18N4O. The second-order valence-corrected chi connectivity index (χ2v) is 5.24. The number of hydrogen-bond acceptors (Lipinski definition) is 3. The summed E-state index contributed by atoms with van der Waals surface area (Å²) in [6.45, 7) is 0.469. The van der Waals surface area contributed by atoms with Crippen molar-refractivity contribution in [3.63, 3.8) is 0 Å². The Morgan fingerprint density at radius 1 is 1.23 bits per heavy atom. The maximum absolute atomic E-state index is 12.1. The normalized spacial score (nSPS) is 12.2. The van der Waals surface area contributed by atoms with Crippen LogP contribution in [0.25, 0.3) is 10.8 Å². The van der Waals surface area contributed by atoms with E-state index in [1.54, 1.807) is 12.5 Å². The van der Waals surface area contributed by atoms with Crippen LogP contribution in [-0.4, -0.2) is 21.9 Å². The molecule has 1 heterocycles. The fourth-order valence-electron chi connectivity index (χ4n) is 2.49. The van der Waals surface area contributed by atoms with Crippen molar-refractivity contribution in [1.29, 1.82) is 0 Å². The summed E-state index contributed by atoms with van der Waals surface area (Å²) in [5.74, 6) is -0.164. The van der Waals surface area contributed by atoms with Crippen molar-refractivity contribution in [2.24, 2.45) is 5.73 Å². The van der Waals surface area contributed by atoms with E-state index < -0.39 is 6.04 Å². The Morgan fingerprint density at radius 2 is 2.05 bits per heavy atom. The van der Waals surface area contributed by atoms with E-state index in [1.807, 2.05) is 24.3 Å². The molecule has 3 rings (SSSR count). The minimum absolute atomic E-state index is 0.164. The van der Waals surface area contributed by atoms with Gasteiger partial charge in [-0.1, -0.05) is 42.5 Å². The fraction of sp³-hybridized carbons (Fsp3) is 0.176. The van der Waals surface area contributed by atoms with Gasteiger partial charge in [0.15, 0.2) is 0 Å². The first-order valence-corrected chi connectivity index (χ1v) is 7.21. The molecule has 1 unspecified atom stereocenters. The van der Waals surface area contributed by atoms with Crippen molar-refractivity contribution in [3.8, 4) is 0 Å². The lowest BCUT2D eigenvalue weighted by molar-refractivity contribution is -0.122. The van der Waals surface area contributed by atoms with Crippen molar-refractivity contribution in [1.82, 2.24) is 15.3 Å². The predicted molar refractivity (Wildman–Crippen MR) is 86.1 cm³/mol. The number of aromatic amines is 1. The highest BCUT2D eigenvalue weighted by Gasteiger charge is 2.14. The highest BCUT2D eigenvalue weighted by atomic mass is 16.2. The van der Waals surface area contributed by atoms with Gasteiger partial charge in [0.1, 0.15) is 0 Å². The van der Waals surface area contributed by atoms with Gasteiger partial charge in [0, 0.05) is 24.9 Å². The standard InChI is InChI=1S/C17H18N4O/c18-16(8-14-10-19-11-21-14)17(22)20-9-13-6-3-5-12-4-1-2-7-15(12)13/h1-7,10-11,16H,8-9,18H2,(H,19,21)(H,20,22). The van der Waals surface area contributed by atoms with Gasteiger partial charge in [0.2, 0.25) is 5.91 Å². The third-order valence-corrected chi connectivity index (χ3v) is 3.66.